The van der Waals surface area contributed by atoms with Crippen LogP contribution in [0.5, 0.6) is 0 Å². The van der Waals surface area contributed by atoms with Gasteiger partial charge in [0.1, 0.15) is 19.3 Å². The first kappa shape index (κ1) is 104. The summed E-state index contributed by atoms with van der Waals surface area (Å²) < 4.78 is 68.6. The van der Waals surface area contributed by atoms with Crippen LogP contribution in [0, 0.1) is 0 Å². The lowest BCUT2D eigenvalue weighted by Gasteiger charge is -2.21. The molecule has 0 aliphatic rings. The lowest BCUT2D eigenvalue weighted by atomic mass is 10.0. The van der Waals surface area contributed by atoms with Gasteiger partial charge in [0.25, 0.3) is 0 Å². The standard InChI is InChI=1S/C91H150O17P2/c1-5-9-13-17-21-25-29-33-37-40-42-45-48-51-55-59-63-67-71-75-88(93)101-81-86(107-90(95)77-73-69-65-61-57-53-47-36-32-28-24-20-16-12-8-4)83-105-109(97,98)103-79-85(92)80-104-110(99,100)106-84-87(108-91(96)78-74-70-66-62-58-54-50-44-39-35-31-27-23-19-15-11-7-3)82-102-89(94)76-72-68-64-60-56-52-49-46-43-41-38-34-30-26-22-18-14-10-6-2/h9,13,21-23,25-27,33-35,37-39,42-43,45-46,50-52,54-56,62,64,66,68,85-87,92H,5-8,10-12,14-20,24,28-32,36,40-41,44,47-49,53,57-61,63,65,67,69-84H2,1-4H3,(H,97,98)(H,99,100)/b13-9-,25-21-,26-22-,27-23-,37-33-,38-34-,39-35-,45-42-,46-43-,54-50-,55-51-,56-52-,66-62-,68-64-/t85-,86-,87-/m1/s1. The zero-order chi connectivity index (χ0) is 80.3. The molecule has 626 valence electrons. The Morgan fingerprint density at radius 3 is 0.836 bits per heavy atom. The first-order valence-corrected chi connectivity index (χ1v) is 45.4. The summed E-state index contributed by atoms with van der Waals surface area (Å²) in [5.41, 5.74) is 0. The van der Waals surface area contributed by atoms with E-state index in [4.69, 9.17) is 37.0 Å². The number of phosphoric acid groups is 2. The molecule has 0 aromatic heterocycles. The van der Waals surface area contributed by atoms with E-state index < -0.39 is 97.5 Å². The van der Waals surface area contributed by atoms with Gasteiger partial charge in [-0.2, -0.15) is 0 Å². The number of aliphatic hydroxyl groups excluding tert-OH is 1. The van der Waals surface area contributed by atoms with E-state index in [1.165, 1.54) is 103 Å². The Bertz CT molecular complexity index is 2750. The van der Waals surface area contributed by atoms with Gasteiger partial charge in [-0.3, -0.25) is 37.3 Å². The molecule has 0 saturated heterocycles. The molecule has 0 bridgehead atoms. The van der Waals surface area contributed by atoms with Crippen molar-refractivity contribution in [2.75, 3.05) is 39.6 Å². The second kappa shape index (κ2) is 81.4. The molecule has 0 aromatic carbocycles. The maximum absolute atomic E-state index is 13.1. The van der Waals surface area contributed by atoms with E-state index in [9.17, 15) is 43.2 Å². The zero-order valence-electron chi connectivity index (χ0n) is 68.6. The van der Waals surface area contributed by atoms with Crippen LogP contribution in [0.4, 0.5) is 0 Å². The Labute approximate surface area is 667 Å². The van der Waals surface area contributed by atoms with Crippen LogP contribution in [-0.2, 0) is 65.4 Å². The number of aliphatic hydroxyl groups is 1. The molecule has 0 spiro atoms. The van der Waals surface area contributed by atoms with Crippen LogP contribution in [0.2, 0.25) is 0 Å². The third kappa shape index (κ3) is 80.5. The first-order valence-electron chi connectivity index (χ1n) is 42.4. The van der Waals surface area contributed by atoms with E-state index in [0.717, 1.165) is 128 Å². The van der Waals surface area contributed by atoms with E-state index in [-0.39, 0.29) is 25.7 Å². The normalized spacial score (nSPS) is 14.6. The molecule has 0 radical (unpaired) electrons. The molecule has 110 heavy (non-hydrogen) atoms. The van der Waals surface area contributed by atoms with Gasteiger partial charge in [0.05, 0.1) is 26.4 Å². The fourth-order valence-corrected chi connectivity index (χ4v) is 12.3. The van der Waals surface area contributed by atoms with Crippen LogP contribution in [0.3, 0.4) is 0 Å². The number of hydrogen-bond donors (Lipinski definition) is 3. The Hall–Kier alpha value is -5.58. The molecule has 0 heterocycles. The van der Waals surface area contributed by atoms with Crippen LogP contribution in [0.25, 0.3) is 0 Å². The fourth-order valence-electron chi connectivity index (χ4n) is 10.8. The van der Waals surface area contributed by atoms with Crippen LogP contribution in [-0.4, -0.2) is 96.7 Å². The van der Waals surface area contributed by atoms with Crippen molar-refractivity contribution < 1.29 is 80.2 Å². The highest BCUT2D eigenvalue weighted by Gasteiger charge is 2.30. The maximum Gasteiger partial charge on any atom is 0.472 e. The van der Waals surface area contributed by atoms with Gasteiger partial charge in [-0.25, -0.2) is 9.13 Å². The third-order valence-electron chi connectivity index (χ3n) is 17.2. The van der Waals surface area contributed by atoms with Crippen LogP contribution in [0.1, 0.15) is 323 Å². The number of ether oxygens (including phenoxy) is 4. The molecule has 2 unspecified atom stereocenters. The molecular weight excluding hydrogens is 1430 g/mol. The van der Waals surface area contributed by atoms with Crippen molar-refractivity contribution in [2.45, 2.75) is 341 Å². The molecule has 0 aromatic rings. The Kier molecular flexibility index (Phi) is 77.3. The molecule has 0 amide bonds. The lowest BCUT2D eigenvalue weighted by molar-refractivity contribution is -0.161. The summed E-state index contributed by atoms with van der Waals surface area (Å²) in [7, 11) is -10.0. The average Bonchev–Trinajstić information content (AvgIpc) is 0.899. The summed E-state index contributed by atoms with van der Waals surface area (Å²) >= 11 is 0. The number of phosphoric ester groups is 2. The minimum absolute atomic E-state index is 0.00222. The minimum atomic E-state index is -5.02. The van der Waals surface area contributed by atoms with Crippen LogP contribution < -0.4 is 0 Å². The van der Waals surface area contributed by atoms with Crippen LogP contribution in [0.15, 0.2) is 170 Å². The molecule has 0 saturated carbocycles. The predicted molar refractivity (Wildman–Crippen MR) is 454 cm³/mol. The highest BCUT2D eigenvalue weighted by Crippen LogP contribution is 2.45. The van der Waals surface area contributed by atoms with Crippen molar-refractivity contribution in [1.82, 2.24) is 0 Å². The molecule has 17 nitrogen and oxygen atoms in total. The van der Waals surface area contributed by atoms with E-state index >= 15 is 0 Å². The molecule has 3 N–H and O–H groups in total. The Morgan fingerprint density at radius 1 is 0.264 bits per heavy atom. The third-order valence-corrected chi connectivity index (χ3v) is 19.1. The summed E-state index contributed by atoms with van der Waals surface area (Å²) in [6.07, 6.45) is 97.7. The van der Waals surface area contributed by atoms with Crippen molar-refractivity contribution in [2.24, 2.45) is 0 Å². The predicted octanol–water partition coefficient (Wildman–Crippen LogP) is 25.3. The molecule has 0 fully saturated rings. The zero-order valence-corrected chi connectivity index (χ0v) is 70.4. The van der Waals surface area contributed by atoms with Crippen molar-refractivity contribution >= 4 is 39.5 Å². The van der Waals surface area contributed by atoms with E-state index in [2.05, 4.69) is 167 Å². The second-order valence-corrected chi connectivity index (χ2v) is 30.6. The second-order valence-electron chi connectivity index (χ2n) is 27.7. The first-order chi connectivity index (χ1) is 53.7. The number of unbranched alkanes of at least 4 members (excludes halogenated alkanes) is 24. The molecular formula is C91H150O17P2. The summed E-state index contributed by atoms with van der Waals surface area (Å²) in [4.78, 5) is 73.2. The minimum Gasteiger partial charge on any atom is -0.462 e. The van der Waals surface area contributed by atoms with Gasteiger partial charge in [-0.1, -0.05) is 320 Å². The number of allylic oxidation sites excluding steroid dienone is 28. The van der Waals surface area contributed by atoms with Gasteiger partial charge in [0.2, 0.25) is 0 Å². The largest absolute Gasteiger partial charge is 0.472 e. The number of esters is 4. The van der Waals surface area contributed by atoms with Gasteiger partial charge < -0.3 is 33.8 Å². The lowest BCUT2D eigenvalue weighted by Crippen LogP contribution is -2.30. The highest BCUT2D eigenvalue weighted by molar-refractivity contribution is 7.47. The summed E-state index contributed by atoms with van der Waals surface area (Å²) in [5, 5.41) is 10.7. The van der Waals surface area contributed by atoms with Gasteiger partial charge in [-0.15, -0.1) is 0 Å². The van der Waals surface area contributed by atoms with E-state index in [0.29, 0.717) is 38.5 Å². The summed E-state index contributed by atoms with van der Waals surface area (Å²) in [6, 6.07) is 0. The van der Waals surface area contributed by atoms with Gasteiger partial charge in [0.15, 0.2) is 12.2 Å². The quantitative estimate of drug-likeness (QED) is 0.0169. The van der Waals surface area contributed by atoms with Crippen molar-refractivity contribution in [1.29, 1.82) is 0 Å². The molecule has 0 aliphatic heterocycles. The number of carbonyl (C=O) groups is 4. The fraction of sp³-hybridized carbons (Fsp3) is 0.648. The molecule has 19 heteroatoms. The van der Waals surface area contributed by atoms with Gasteiger partial charge in [0, 0.05) is 25.7 Å². The van der Waals surface area contributed by atoms with E-state index in [1.807, 2.05) is 30.4 Å². The van der Waals surface area contributed by atoms with Gasteiger partial charge >= 0.3 is 39.5 Å². The highest BCUT2D eigenvalue weighted by atomic mass is 31.2. The smallest absolute Gasteiger partial charge is 0.462 e. The number of carbonyl (C=O) groups excluding carboxylic acids is 4. The number of rotatable bonds is 78. The van der Waals surface area contributed by atoms with Crippen LogP contribution >= 0.6 is 15.6 Å². The topological polar surface area (TPSA) is 237 Å². The average molecular weight is 1580 g/mol. The molecule has 0 rings (SSSR count). The SMILES string of the molecule is CC/C=C\C/C=C\C/C=C\C/C=C\C/C=C\CCCCCC(=O)OC[C@H](COP(=O)(O)OC[C@@H](O)COP(=O)(O)OC[C@@H](COC(=O)CC/C=C\C/C=C\C/C=C\C/C=C\C/C=C\CCCCC)OC(=O)CCC/C=C\C/C=C\C/C=C\C/C=C\CCCCC)OC(=O)CCCCCCCCCCCCCCCCC. The van der Waals surface area contributed by atoms with Crippen molar-refractivity contribution in [3.05, 3.63) is 170 Å². The Balaban J connectivity index is 5.52. The maximum atomic E-state index is 13.1. The van der Waals surface area contributed by atoms with Crippen molar-refractivity contribution in [3.63, 3.8) is 0 Å². The Morgan fingerprint density at radius 2 is 0.500 bits per heavy atom. The van der Waals surface area contributed by atoms with Gasteiger partial charge in [-0.05, 0) is 148 Å². The summed E-state index contributed by atoms with van der Waals surface area (Å²) in [6.45, 7) is 4.54. The molecule has 5 atom stereocenters. The summed E-state index contributed by atoms with van der Waals surface area (Å²) in [5.74, 6) is -2.38. The number of hydrogen-bond acceptors (Lipinski definition) is 15. The monoisotopic (exact) mass is 1580 g/mol. The molecule has 0 aliphatic carbocycles. The van der Waals surface area contributed by atoms with E-state index in [1.54, 1.807) is 0 Å². The van der Waals surface area contributed by atoms with Crippen molar-refractivity contribution in [3.8, 4) is 0 Å².